The van der Waals surface area contributed by atoms with Crippen LogP contribution in [0.1, 0.15) is 57.1 Å². The number of hydrogen-bond acceptors (Lipinski definition) is 2. The molecule has 124 valence electrons. The maximum atomic E-state index is 5.98. The van der Waals surface area contributed by atoms with E-state index < -0.39 is 0 Å². The van der Waals surface area contributed by atoms with Crippen LogP contribution in [0.5, 0.6) is 5.75 Å². The van der Waals surface area contributed by atoms with Gasteiger partial charge in [-0.05, 0) is 94.3 Å². The van der Waals surface area contributed by atoms with E-state index in [0.717, 1.165) is 31.1 Å². The van der Waals surface area contributed by atoms with Gasteiger partial charge in [-0.3, -0.25) is 0 Å². The Morgan fingerprint density at radius 1 is 1.09 bits per heavy atom. The Morgan fingerprint density at radius 2 is 1.91 bits per heavy atom. The van der Waals surface area contributed by atoms with E-state index in [0.29, 0.717) is 0 Å². The van der Waals surface area contributed by atoms with Crippen molar-refractivity contribution in [2.24, 2.45) is 5.92 Å². The van der Waals surface area contributed by atoms with Crippen molar-refractivity contribution in [3.63, 3.8) is 0 Å². The zero-order valence-electron chi connectivity index (χ0n) is 14.7. The Kier molecular flexibility index (Phi) is 7.24. The molecule has 1 aromatic carbocycles. The molecule has 1 aliphatic rings. The molecule has 0 bridgehead atoms. The summed E-state index contributed by atoms with van der Waals surface area (Å²) in [6, 6.07) is 6.60. The highest BCUT2D eigenvalue weighted by atomic mass is 16.5. The molecular weight excluding hydrogens is 270 g/mol. The fraction of sp³-hybridized carbons (Fsp3) is 0.700. The van der Waals surface area contributed by atoms with E-state index in [2.05, 4.69) is 44.0 Å². The van der Waals surface area contributed by atoms with E-state index in [-0.39, 0.29) is 0 Å². The first-order chi connectivity index (χ1) is 10.7. The molecule has 1 fully saturated rings. The highest BCUT2D eigenvalue weighted by Crippen LogP contribution is 2.23. The van der Waals surface area contributed by atoms with Crippen molar-refractivity contribution in [1.82, 2.24) is 4.90 Å². The highest BCUT2D eigenvalue weighted by molar-refractivity contribution is 5.35. The number of ether oxygens (including phenoxy) is 1. The van der Waals surface area contributed by atoms with Gasteiger partial charge >= 0.3 is 0 Å². The van der Waals surface area contributed by atoms with Crippen molar-refractivity contribution < 1.29 is 4.74 Å². The van der Waals surface area contributed by atoms with E-state index in [9.17, 15) is 0 Å². The van der Waals surface area contributed by atoms with Gasteiger partial charge in [0.25, 0.3) is 0 Å². The lowest BCUT2D eigenvalue weighted by Gasteiger charge is -2.15. The second-order valence-corrected chi connectivity index (χ2v) is 6.73. The molecule has 0 radical (unpaired) electrons. The Hall–Kier alpha value is -1.02. The van der Waals surface area contributed by atoms with Crippen molar-refractivity contribution in [2.45, 2.75) is 58.8 Å². The first kappa shape index (κ1) is 17.3. The van der Waals surface area contributed by atoms with Gasteiger partial charge in [0.1, 0.15) is 5.75 Å². The van der Waals surface area contributed by atoms with Gasteiger partial charge in [-0.1, -0.05) is 19.9 Å². The van der Waals surface area contributed by atoms with Crippen LogP contribution in [0.4, 0.5) is 0 Å². The maximum absolute atomic E-state index is 5.98. The van der Waals surface area contributed by atoms with Gasteiger partial charge in [-0.15, -0.1) is 0 Å². The van der Waals surface area contributed by atoms with Crippen LogP contribution in [0.3, 0.4) is 0 Å². The first-order valence-electron chi connectivity index (χ1n) is 9.16. The van der Waals surface area contributed by atoms with Crippen molar-refractivity contribution in [2.75, 3.05) is 26.7 Å². The predicted molar refractivity (Wildman–Crippen MR) is 94.8 cm³/mol. The Morgan fingerprint density at radius 3 is 2.68 bits per heavy atom. The molecule has 1 aliphatic heterocycles. The standard InChI is InChI=1S/C20H33NO/c1-4-18-10-11-20(16-19(18)5-2)22-15-7-9-17-8-6-13-21(3)14-12-17/h10-11,16-17H,4-9,12-15H2,1-3H3. The van der Waals surface area contributed by atoms with Crippen LogP contribution in [0.25, 0.3) is 0 Å². The molecule has 2 rings (SSSR count). The third kappa shape index (κ3) is 5.31. The van der Waals surface area contributed by atoms with Crippen LogP contribution in [-0.4, -0.2) is 31.6 Å². The molecule has 1 atom stereocenters. The zero-order chi connectivity index (χ0) is 15.8. The SMILES string of the molecule is CCc1ccc(OCCCC2CCCN(C)CC2)cc1CC. The highest BCUT2D eigenvalue weighted by Gasteiger charge is 2.14. The molecular formula is C20H33NO. The Labute approximate surface area is 136 Å². The summed E-state index contributed by atoms with van der Waals surface area (Å²) in [7, 11) is 2.25. The molecule has 2 nitrogen and oxygen atoms in total. The number of rotatable bonds is 7. The summed E-state index contributed by atoms with van der Waals surface area (Å²) >= 11 is 0. The summed E-state index contributed by atoms with van der Waals surface area (Å²) in [4.78, 5) is 2.47. The molecule has 0 aliphatic carbocycles. The Bertz CT molecular complexity index is 443. The molecule has 0 saturated carbocycles. The summed E-state index contributed by atoms with van der Waals surface area (Å²) in [5.74, 6) is 1.96. The number of likely N-dealkylation sites (tertiary alicyclic amines) is 1. The van der Waals surface area contributed by atoms with E-state index >= 15 is 0 Å². The van der Waals surface area contributed by atoms with Crippen LogP contribution in [0.15, 0.2) is 18.2 Å². The zero-order valence-corrected chi connectivity index (χ0v) is 14.7. The molecule has 0 spiro atoms. The van der Waals surface area contributed by atoms with E-state index in [1.54, 1.807) is 0 Å². The molecule has 0 aromatic heterocycles. The second kappa shape index (κ2) is 9.19. The van der Waals surface area contributed by atoms with Crippen LogP contribution < -0.4 is 4.74 Å². The molecule has 0 N–H and O–H groups in total. The summed E-state index contributed by atoms with van der Waals surface area (Å²) < 4.78 is 5.98. The van der Waals surface area contributed by atoms with Gasteiger partial charge in [0.2, 0.25) is 0 Å². The van der Waals surface area contributed by atoms with E-state index in [1.807, 2.05) is 0 Å². The fourth-order valence-electron chi connectivity index (χ4n) is 3.53. The van der Waals surface area contributed by atoms with Crippen LogP contribution in [-0.2, 0) is 12.8 Å². The minimum absolute atomic E-state index is 0.862. The summed E-state index contributed by atoms with van der Waals surface area (Å²) in [5.41, 5.74) is 2.89. The molecule has 1 unspecified atom stereocenters. The molecule has 1 heterocycles. The first-order valence-corrected chi connectivity index (χ1v) is 9.16. The lowest BCUT2D eigenvalue weighted by atomic mass is 9.95. The van der Waals surface area contributed by atoms with Crippen molar-refractivity contribution >= 4 is 0 Å². The molecule has 0 amide bonds. The third-order valence-electron chi connectivity index (χ3n) is 5.04. The topological polar surface area (TPSA) is 12.5 Å². The summed E-state index contributed by atoms with van der Waals surface area (Å²) in [5, 5.41) is 0. The largest absolute Gasteiger partial charge is 0.494 e. The van der Waals surface area contributed by atoms with Gasteiger partial charge in [-0.2, -0.15) is 0 Å². The predicted octanol–water partition coefficient (Wildman–Crippen LogP) is 4.70. The summed E-state index contributed by atoms with van der Waals surface area (Å²) in [6.45, 7) is 7.85. The normalized spacial score (nSPS) is 19.9. The number of hydrogen-bond donors (Lipinski definition) is 0. The number of aryl methyl sites for hydroxylation is 2. The van der Waals surface area contributed by atoms with Gasteiger partial charge in [-0.25, -0.2) is 0 Å². The average molecular weight is 303 g/mol. The molecule has 1 aromatic rings. The smallest absolute Gasteiger partial charge is 0.119 e. The molecule has 2 heteroatoms. The number of benzene rings is 1. The Balaban J connectivity index is 1.72. The van der Waals surface area contributed by atoms with Crippen LogP contribution in [0, 0.1) is 5.92 Å². The minimum atomic E-state index is 0.862. The quantitative estimate of drug-likeness (QED) is 0.677. The van der Waals surface area contributed by atoms with Gasteiger partial charge in [0.15, 0.2) is 0 Å². The van der Waals surface area contributed by atoms with Gasteiger partial charge in [0, 0.05) is 0 Å². The fourth-order valence-corrected chi connectivity index (χ4v) is 3.53. The average Bonchev–Trinajstić information content (AvgIpc) is 2.75. The van der Waals surface area contributed by atoms with Crippen molar-refractivity contribution in [3.05, 3.63) is 29.3 Å². The maximum Gasteiger partial charge on any atom is 0.119 e. The lowest BCUT2D eigenvalue weighted by Crippen LogP contribution is -2.18. The third-order valence-corrected chi connectivity index (χ3v) is 5.04. The van der Waals surface area contributed by atoms with E-state index in [1.165, 1.54) is 56.3 Å². The second-order valence-electron chi connectivity index (χ2n) is 6.73. The molecule has 1 saturated heterocycles. The van der Waals surface area contributed by atoms with Gasteiger partial charge < -0.3 is 9.64 Å². The van der Waals surface area contributed by atoms with Crippen LogP contribution >= 0.6 is 0 Å². The number of nitrogens with zero attached hydrogens (tertiary/aromatic N) is 1. The monoisotopic (exact) mass is 303 g/mol. The lowest BCUT2D eigenvalue weighted by molar-refractivity contribution is 0.283. The van der Waals surface area contributed by atoms with Gasteiger partial charge in [0.05, 0.1) is 6.61 Å². The van der Waals surface area contributed by atoms with E-state index in [4.69, 9.17) is 4.74 Å². The van der Waals surface area contributed by atoms with Crippen molar-refractivity contribution in [1.29, 1.82) is 0 Å². The summed E-state index contributed by atoms with van der Waals surface area (Å²) in [6.07, 6.45) is 8.83. The van der Waals surface area contributed by atoms with Crippen LogP contribution in [0.2, 0.25) is 0 Å². The van der Waals surface area contributed by atoms with Crippen molar-refractivity contribution in [3.8, 4) is 5.75 Å². The minimum Gasteiger partial charge on any atom is -0.494 e. The molecule has 22 heavy (non-hydrogen) atoms.